The van der Waals surface area contributed by atoms with Crippen molar-refractivity contribution in [2.24, 2.45) is 0 Å². The van der Waals surface area contributed by atoms with Gasteiger partial charge in [0.2, 0.25) is 0 Å². The molecule has 6 nitrogen and oxygen atoms in total. The fourth-order valence-corrected chi connectivity index (χ4v) is 2.09. The Morgan fingerprint density at radius 1 is 1.32 bits per heavy atom. The quantitative estimate of drug-likeness (QED) is 0.574. The second kappa shape index (κ2) is 4.33. The molecule has 0 saturated heterocycles. The van der Waals surface area contributed by atoms with Gasteiger partial charge in [0, 0.05) is 16.7 Å². The summed E-state index contributed by atoms with van der Waals surface area (Å²) >= 11 is 6.12. The van der Waals surface area contributed by atoms with E-state index in [1.165, 1.54) is 12.3 Å². The lowest BCUT2D eigenvalue weighted by Crippen LogP contribution is -1.89. The molecular formula is C12H7ClN4O2. The highest BCUT2D eigenvalue weighted by atomic mass is 35.5. The molecule has 0 aliphatic heterocycles. The van der Waals surface area contributed by atoms with E-state index in [0.29, 0.717) is 21.7 Å². The Hall–Kier alpha value is -2.47. The third-order valence-electron chi connectivity index (χ3n) is 2.75. The third-order valence-corrected chi connectivity index (χ3v) is 3.08. The van der Waals surface area contributed by atoms with E-state index in [1.807, 2.05) is 18.2 Å². The van der Waals surface area contributed by atoms with E-state index >= 15 is 0 Å². The molecular weight excluding hydrogens is 268 g/mol. The predicted molar refractivity (Wildman–Crippen MR) is 71.0 cm³/mol. The number of hydrogen-bond donors (Lipinski definition) is 1. The van der Waals surface area contributed by atoms with E-state index in [1.54, 1.807) is 6.07 Å². The van der Waals surface area contributed by atoms with Crippen LogP contribution >= 0.6 is 11.6 Å². The van der Waals surface area contributed by atoms with E-state index in [4.69, 9.17) is 11.6 Å². The fraction of sp³-hybridized carbons (Fsp3) is 0. The minimum Gasteiger partial charge on any atom is -0.275 e. The van der Waals surface area contributed by atoms with Crippen LogP contribution in [0.15, 0.2) is 36.5 Å². The number of nitro groups is 1. The van der Waals surface area contributed by atoms with Crippen LogP contribution in [0.4, 0.5) is 5.69 Å². The zero-order valence-corrected chi connectivity index (χ0v) is 10.3. The summed E-state index contributed by atoms with van der Waals surface area (Å²) in [6.45, 7) is 0. The van der Waals surface area contributed by atoms with Crippen molar-refractivity contribution >= 4 is 28.3 Å². The zero-order chi connectivity index (χ0) is 13.4. The first-order valence-corrected chi connectivity index (χ1v) is 5.78. The number of nitrogens with one attached hydrogen (secondary N) is 1. The molecule has 2 aromatic heterocycles. The monoisotopic (exact) mass is 274 g/mol. The maximum Gasteiger partial charge on any atom is 0.288 e. The van der Waals surface area contributed by atoms with Gasteiger partial charge < -0.3 is 0 Å². The number of benzene rings is 1. The van der Waals surface area contributed by atoms with Crippen LogP contribution in [0.3, 0.4) is 0 Å². The molecule has 0 fully saturated rings. The van der Waals surface area contributed by atoms with Crippen LogP contribution in [0.1, 0.15) is 0 Å². The molecule has 0 bridgehead atoms. The van der Waals surface area contributed by atoms with Crippen molar-refractivity contribution in [3.63, 3.8) is 0 Å². The van der Waals surface area contributed by atoms with Gasteiger partial charge in [0.05, 0.1) is 16.0 Å². The normalized spacial score (nSPS) is 10.8. The number of rotatable bonds is 2. The van der Waals surface area contributed by atoms with Gasteiger partial charge in [0.15, 0.2) is 5.65 Å². The van der Waals surface area contributed by atoms with Crippen molar-refractivity contribution in [1.82, 2.24) is 15.2 Å². The molecule has 1 N–H and O–H groups in total. The largest absolute Gasteiger partial charge is 0.288 e. The summed E-state index contributed by atoms with van der Waals surface area (Å²) in [6, 6.07) is 8.64. The van der Waals surface area contributed by atoms with Gasteiger partial charge in [-0.05, 0) is 6.07 Å². The number of aromatic amines is 1. The fourth-order valence-electron chi connectivity index (χ4n) is 1.86. The summed E-state index contributed by atoms with van der Waals surface area (Å²) < 4.78 is 0. The topological polar surface area (TPSA) is 84.7 Å². The number of pyridine rings is 1. The van der Waals surface area contributed by atoms with Crippen LogP contribution in [-0.2, 0) is 0 Å². The van der Waals surface area contributed by atoms with Crippen LogP contribution < -0.4 is 0 Å². The highest BCUT2D eigenvalue weighted by Crippen LogP contribution is 2.32. The summed E-state index contributed by atoms with van der Waals surface area (Å²) in [5.74, 6) is 0. The molecule has 0 radical (unpaired) electrons. The second-order valence-electron chi connectivity index (χ2n) is 3.90. The van der Waals surface area contributed by atoms with Crippen LogP contribution in [0.2, 0.25) is 5.02 Å². The summed E-state index contributed by atoms with van der Waals surface area (Å²) in [4.78, 5) is 14.3. The van der Waals surface area contributed by atoms with Crippen LogP contribution in [0.25, 0.3) is 22.3 Å². The van der Waals surface area contributed by atoms with Gasteiger partial charge in [0.25, 0.3) is 5.69 Å². The first-order valence-electron chi connectivity index (χ1n) is 5.40. The number of fused-ring (bicyclic) bond motifs is 1. The average molecular weight is 275 g/mol. The van der Waals surface area contributed by atoms with E-state index in [2.05, 4.69) is 15.2 Å². The zero-order valence-electron chi connectivity index (χ0n) is 9.50. The van der Waals surface area contributed by atoms with Gasteiger partial charge >= 0.3 is 0 Å². The maximum atomic E-state index is 10.8. The maximum absolute atomic E-state index is 10.8. The predicted octanol–water partition coefficient (Wildman–Crippen LogP) is 3.19. The van der Waals surface area contributed by atoms with Gasteiger partial charge in [-0.1, -0.05) is 29.8 Å². The lowest BCUT2D eigenvalue weighted by atomic mass is 10.1. The highest BCUT2D eigenvalue weighted by Gasteiger charge is 2.15. The number of H-pyrrole nitrogens is 1. The average Bonchev–Trinajstić information content (AvgIpc) is 2.82. The summed E-state index contributed by atoms with van der Waals surface area (Å²) in [6.07, 6.45) is 1.18. The first kappa shape index (κ1) is 11.6. The molecule has 0 amide bonds. The minimum atomic E-state index is -0.490. The lowest BCUT2D eigenvalue weighted by molar-refractivity contribution is -0.385. The van der Waals surface area contributed by atoms with Crippen molar-refractivity contribution in [2.45, 2.75) is 0 Å². The van der Waals surface area contributed by atoms with Crippen molar-refractivity contribution in [2.75, 3.05) is 0 Å². The lowest BCUT2D eigenvalue weighted by Gasteiger charge is -2.01. The summed E-state index contributed by atoms with van der Waals surface area (Å²) in [5, 5.41) is 18.7. The molecule has 3 aromatic rings. The molecule has 0 aliphatic rings. The molecule has 0 aliphatic carbocycles. The smallest absolute Gasteiger partial charge is 0.275 e. The van der Waals surface area contributed by atoms with Crippen molar-refractivity contribution in [3.05, 3.63) is 51.7 Å². The molecule has 0 atom stereocenters. The van der Waals surface area contributed by atoms with E-state index in [9.17, 15) is 10.1 Å². The first-order chi connectivity index (χ1) is 9.16. The second-order valence-corrected chi connectivity index (χ2v) is 4.31. The Balaban J connectivity index is 2.27. The van der Waals surface area contributed by atoms with Crippen molar-refractivity contribution in [3.8, 4) is 11.3 Å². The van der Waals surface area contributed by atoms with Gasteiger partial charge in [0.1, 0.15) is 6.20 Å². The number of hydrogen-bond acceptors (Lipinski definition) is 4. The summed E-state index contributed by atoms with van der Waals surface area (Å²) in [7, 11) is 0. The van der Waals surface area contributed by atoms with Gasteiger partial charge in [-0.15, -0.1) is 0 Å². The van der Waals surface area contributed by atoms with E-state index in [-0.39, 0.29) is 5.69 Å². The molecule has 94 valence electrons. The van der Waals surface area contributed by atoms with Gasteiger partial charge in [-0.3, -0.25) is 15.2 Å². The molecule has 0 saturated carbocycles. The Morgan fingerprint density at radius 3 is 2.84 bits per heavy atom. The van der Waals surface area contributed by atoms with Crippen molar-refractivity contribution in [1.29, 1.82) is 0 Å². The van der Waals surface area contributed by atoms with E-state index < -0.39 is 4.92 Å². The molecule has 19 heavy (non-hydrogen) atoms. The number of aromatic nitrogens is 3. The summed E-state index contributed by atoms with van der Waals surface area (Å²) in [5.41, 5.74) is 1.69. The molecule has 7 heteroatoms. The number of halogens is 1. The molecule has 0 unspecified atom stereocenters. The van der Waals surface area contributed by atoms with Crippen LogP contribution in [-0.4, -0.2) is 20.1 Å². The standard InChI is InChI=1S/C12H7ClN4O2/c13-10-4-2-1-3-8(10)11-9-5-7(17(18)19)6-14-12(9)16-15-11/h1-6H,(H,14,15,16). The third kappa shape index (κ3) is 1.92. The minimum absolute atomic E-state index is 0.0813. The molecule has 1 aromatic carbocycles. The van der Waals surface area contributed by atoms with Crippen molar-refractivity contribution < 1.29 is 4.92 Å². The molecule has 3 rings (SSSR count). The van der Waals surface area contributed by atoms with Crippen LogP contribution in [0.5, 0.6) is 0 Å². The number of nitrogens with zero attached hydrogens (tertiary/aromatic N) is 3. The van der Waals surface area contributed by atoms with Crippen LogP contribution in [0, 0.1) is 10.1 Å². The Morgan fingerprint density at radius 2 is 2.11 bits per heavy atom. The highest BCUT2D eigenvalue weighted by molar-refractivity contribution is 6.33. The Bertz CT molecular complexity index is 784. The SMILES string of the molecule is O=[N+]([O-])c1cnc2n[nH]c(-c3ccccc3Cl)c2c1. The Kier molecular flexibility index (Phi) is 2.64. The van der Waals surface area contributed by atoms with Gasteiger partial charge in [-0.2, -0.15) is 5.10 Å². The molecule has 2 heterocycles. The van der Waals surface area contributed by atoms with E-state index in [0.717, 1.165) is 5.56 Å². The molecule has 0 spiro atoms. The van der Waals surface area contributed by atoms with Gasteiger partial charge in [-0.25, -0.2) is 4.98 Å². The Labute approximate surface area is 112 Å².